The number of benzene rings is 1. The lowest BCUT2D eigenvalue weighted by Crippen LogP contribution is -2.61. The van der Waals surface area contributed by atoms with E-state index in [4.69, 9.17) is 0 Å². The van der Waals surface area contributed by atoms with E-state index in [1.807, 2.05) is 20.8 Å². The molecule has 2 N–H and O–H groups in total. The molecule has 0 aromatic heterocycles. The first kappa shape index (κ1) is 23.6. The van der Waals surface area contributed by atoms with Crippen LogP contribution in [0.4, 0.5) is 9.18 Å². The minimum atomic E-state index is -0.724. The number of unbranched alkanes of at least 4 members (excludes halogenated alkanes) is 1. The third-order valence-corrected chi connectivity index (χ3v) is 5.31. The molecule has 0 bridgehead atoms. The second-order valence-electron chi connectivity index (χ2n) is 8.12. The molecule has 166 valence electrons. The maximum Gasteiger partial charge on any atom is 0.317 e. The Morgan fingerprint density at radius 3 is 2.57 bits per heavy atom. The SMILES string of the molecule is CCCCNC(=O)N1CCN(C(=O)C(NC(=O)c2cccc(F)c2)C(C)C)CC1C. The number of rotatable bonds is 7. The Hall–Kier alpha value is -2.64. The van der Waals surface area contributed by atoms with Crippen LogP contribution >= 0.6 is 0 Å². The molecule has 0 aliphatic carbocycles. The van der Waals surface area contributed by atoms with Gasteiger partial charge in [0.05, 0.1) is 0 Å². The minimum absolute atomic E-state index is 0.108. The van der Waals surface area contributed by atoms with Crippen LogP contribution in [0, 0.1) is 11.7 Å². The number of hydrogen-bond donors (Lipinski definition) is 2. The summed E-state index contributed by atoms with van der Waals surface area (Å²) in [6.07, 6.45) is 1.94. The molecule has 8 heteroatoms. The first-order valence-corrected chi connectivity index (χ1v) is 10.6. The number of amides is 4. The molecular weight excluding hydrogens is 387 g/mol. The van der Waals surface area contributed by atoms with Crippen molar-refractivity contribution in [3.05, 3.63) is 35.6 Å². The molecule has 0 saturated carbocycles. The fourth-order valence-corrected chi connectivity index (χ4v) is 3.50. The molecule has 1 aliphatic heterocycles. The predicted octanol–water partition coefficient (Wildman–Crippen LogP) is 2.62. The number of urea groups is 1. The highest BCUT2D eigenvalue weighted by Crippen LogP contribution is 2.15. The van der Waals surface area contributed by atoms with E-state index in [1.54, 1.807) is 9.80 Å². The molecule has 4 amide bonds. The van der Waals surface area contributed by atoms with Gasteiger partial charge in [-0.25, -0.2) is 9.18 Å². The fourth-order valence-electron chi connectivity index (χ4n) is 3.50. The van der Waals surface area contributed by atoms with Crippen LogP contribution in [0.2, 0.25) is 0 Å². The molecule has 1 fully saturated rings. The molecular formula is C22H33FN4O3. The van der Waals surface area contributed by atoms with Gasteiger partial charge in [-0.2, -0.15) is 0 Å². The quantitative estimate of drug-likeness (QED) is 0.666. The molecule has 1 aromatic rings. The van der Waals surface area contributed by atoms with E-state index in [9.17, 15) is 18.8 Å². The van der Waals surface area contributed by atoms with Crippen LogP contribution in [0.5, 0.6) is 0 Å². The van der Waals surface area contributed by atoms with Gasteiger partial charge in [0.25, 0.3) is 5.91 Å². The maximum absolute atomic E-state index is 13.4. The summed E-state index contributed by atoms with van der Waals surface area (Å²) < 4.78 is 13.4. The second kappa shape index (κ2) is 10.9. The number of halogens is 1. The number of carbonyl (C=O) groups is 3. The highest BCUT2D eigenvalue weighted by atomic mass is 19.1. The lowest BCUT2D eigenvalue weighted by atomic mass is 10.0. The first-order valence-electron chi connectivity index (χ1n) is 10.6. The van der Waals surface area contributed by atoms with Gasteiger partial charge >= 0.3 is 6.03 Å². The van der Waals surface area contributed by atoms with Crippen LogP contribution in [0.15, 0.2) is 24.3 Å². The summed E-state index contributed by atoms with van der Waals surface area (Å²) in [6.45, 7) is 9.58. The van der Waals surface area contributed by atoms with Crippen LogP contribution in [-0.2, 0) is 4.79 Å². The van der Waals surface area contributed by atoms with Crippen molar-refractivity contribution in [2.75, 3.05) is 26.2 Å². The van der Waals surface area contributed by atoms with Gasteiger partial charge in [0, 0.05) is 37.8 Å². The van der Waals surface area contributed by atoms with Gasteiger partial charge in [0.1, 0.15) is 11.9 Å². The number of hydrogen-bond acceptors (Lipinski definition) is 3. The Morgan fingerprint density at radius 1 is 1.23 bits per heavy atom. The third kappa shape index (κ3) is 6.18. The summed E-state index contributed by atoms with van der Waals surface area (Å²) in [7, 11) is 0. The summed E-state index contributed by atoms with van der Waals surface area (Å²) in [5, 5.41) is 5.66. The number of nitrogens with zero attached hydrogens (tertiary/aromatic N) is 2. The Morgan fingerprint density at radius 2 is 1.97 bits per heavy atom. The van der Waals surface area contributed by atoms with E-state index >= 15 is 0 Å². The van der Waals surface area contributed by atoms with E-state index in [0.717, 1.165) is 18.9 Å². The highest BCUT2D eigenvalue weighted by molar-refractivity contribution is 5.97. The van der Waals surface area contributed by atoms with Crippen molar-refractivity contribution in [3.8, 4) is 0 Å². The van der Waals surface area contributed by atoms with Gasteiger partial charge in [-0.3, -0.25) is 9.59 Å². The monoisotopic (exact) mass is 420 g/mol. The molecule has 0 radical (unpaired) electrons. The second-order valence-corrected chi connectivity index (χ2v) is 8.12. The predicted molar refractivity (Wildman–Crippen MR) is 114 cm³/mol. The summed E-state index contributed by atoms with van der Waals surface area (Å²) >= 11 is 0. The summed E-state index contributed by atoms with van der Waals surface area (Å²) in [5.41, 5.74) is 0.176. The topological polar surface area (TPSA) is 81.8 Å². The van der Waals surface area contributed by atoms with Gasteiger partial charge in [-0.1, -0.05) is 33.3 Å². The molecule has 2 unspecified atom stereocenters. The van der Waals surface area contributed by atoms with Crippen LogP contribution in [0.1, 0.15) is 50.9 Å². The molecule has 2 atom stereocenters. The molecule has 2 rings (SSSR count). The molecule has 1 saturated heterocycles. The Kier molecular flexibility index (Phi) is 8.62. The van der Waals surface area contributed by atoms with Crippen molar-refractivity contribution in [2.45, 2.75) is 52.6 Å². The average Bonchev–Trinajstić information content (AvgIpc) is 2.71. The molecule has 1 heterocycles. The van der Waals surface area contributed by atoms with Gasteiger partial charge in [-0.15, -0.1) is 0 Å². The van der Waals surface area contributed by atoms with E-state index in [0.29, 0.717) is 26.2 Å². The largest absolute Gasteiger partial charge is 0.340 e. The van der Waals surface area contributed by atoms with Crippen LogP contribution < -0.4 is 10.6 Å². The molecule has 0 spiro atoms. The standard InChI is InChI=1S/C22H33FN4O3/c1-5-6-10-24-22(30)27-12-11-26(14-16(27)4)21(29)19(15(2)3)25-20(28)17-8-7-9-18(23)13-17/h7-9,13,15-16,19H,5-6,10-12,14H2,1-4H3,(H,24,30)(H,25,28). The van der Waals surface area contributed by atoms with Crippen molar-refractivity contribution < 1.29 is 18.8 Å². The molecule has 7 nitrogen and oxygen atoms in total. The Labute approximate surface area is 178 Å². The lowest BCUT2D eigenvalue weighted by molar-refractivity contribution is -0.136. The smallest absolute Gasteiger partial charge is 0.317 e. The Bertz CT molecular complexity index is 756. The number of nitrogens with one attached hydrogen (secondary N) is 2. The van der Waals surface area contributed by atoms with E-state index in [-0.39, 0.29) is 29.5 Å². The van der Waals surface area contributed by atoms with Gasteiger partial charge in [0.15, 0.2) is 0 Å². The normalized spacial score (nSPS) is 17.6. The van der Waals surface area contributed by atoms with Gasteiger partial charge in [0.2, 0.25) is 5.91 Å². The summed E-state index contributed by atoms with van der Waals surface area (Å²) in [6, 6.07) is 4.43. The maximum atomic E-state index is 13.4. The molecule has 1 aromatic carbocycles. The van der Waals surface area contributed by atoms with Crippen molar-refractivity contribution in [1.82, 2.24) is 20.4 Å². The van der Waals surface area contributed by atoms with Crippen LogP contribution in [0.3, 0.4) is 0 Å². The zero-order valence-electron chi connectivity index (χ0n) is 18.3. The summed E-state index contributed by atoms with van der Waals surface area (Å²) in [5.74, 6) is -1.31. The third-order valence-electron chi connectivity index (χ3n) is 5.31. The van der Waals surface area contributed by atoms with Crippen molar-refractivity contribution in [3.63, 3.8) is 0 Å². The zero-order chi connectivity index (χ0) is 22.3. The molecule has 1 aliphatic rings. The van der Waals surface area contributed by atoms with E-state index in [1.165, 1.54) is 18.2 Å². The molecule has 30 heavy (non-hydrogen) atoms. The number of piperazine rings is 1. The first-order chi connectivity index (χ1) is 14.2. The minimum Gasteiger partial charge on any atom is -0.340 e. The van der Waals surface area contributed by atoms with Crippen molar-refractivity contribution in [2.24, 2.45) is 5.92 Å². The number of carbonyl (C=O) groups excluding carboxylic acids is 3. The van der Waals surface area contributed by atoms with Crippen LogP contribution in [-0.4, -0.2) is 65.9 Å². The summed E-state index contributed by atoms with van der Waals surface area (Å²) in [4.78, 5) is 41.4. The van der Waals surface area contributed by atoms with Crippen molar-refractivity contribution >= 4 is 17.8 Å². The fraction of sp³-hybridized carbons (Fsp3) is 0.591. The van der Waals surface area contributed by atoms with E-state index < -0.39 is 17.8 Å². The zero-order valence-corrected chi connectivity index (χ0v) is 18.3. The van der Waals surface area contributed by atoms with E-state index in [2.05, 4.69) is 17.6 Å². The van der Waals surface area contributed by atoms with Gasteiger partial charge in [-0.05, 0) is 37.5 Å². The van der Waals surface area contributed by atoms with Crippen molar-refractivity contribution in [1.29, 1.82) is 0 Å². The Balaban J connectivity index is 1.99. The van der Waals surface area contributed by atoms with Crippen LogP contribution in [0.25, 0.3) is 0 Å². The highest BCUT2D eigenvalue weighted by Gasteiger charge is 2.34. The lowest BCUT2D eigenvalue weighted by Gasteiger charge is -2.41. The van der Waals surface area contributed by atoms with Gasteiger partial charge < -0.3 is 20.4 Å². The average molecular weight is 421 g/mol.